The van der Waals surface area contributed by atoms with Gasteiger partial charge in [0, 0.05) is 0 Å². The van der Waals surface area contributed by atoms with E-state index in [2.05, 4.69) is 17.4 Å². The van der Waals surface area contributed by atoms with Gasteiger partial charge in [-0.15, -0.1) is 0 Å². The number of halogens is 1. The molecule has 0 radical (unpaired) electrons. The van der Waals surface area contributed by atoms with Gasteiger partial charge in [0.15, 0.2) is 0 Å². The van der Waals surface area contributed by atoms with Gasteiger partial charge in [0.25, 0.3) is 0 Å². The maximum absolute atomic E-state index is 13.2. The molecular formula is C21H32FNO4. The summed E-state index contributed by atoms with van der Waals surface area (Å²) in [5, 5.41) is 2.52. The van der Waals surface area contributed by atoms with E-state index >= 15 is 0 Å². The van der Waals surface area contributed by atoms with Crippen LogP contribution in [-0.2, 0) is 20.8 Å². The molecule has 0 aliphatic heterocycles. The number of hydrogen-bond acceptors (Lipinski definition) is 4. The molecule has 1 N–H and O–H groups in total. The quantitative estimate of drug-likeness (QED) is 0.725. The van der Waals surface area contributed by atoms with Crippen molar-refractivity contribution >= 4 is 6.09 Å². The molecule has 6 heteroatoms. The summed E-state index contributed by atoms with van der Waals surface area (Å²) in [6.45, 7) is 5.40. The molecule has 1 aromatic rings. The smallest absolute Gasteiger partial charge is 0.408 e. The lowest BCUT2D eigenvalue weighted by Crippen LogP contribution is -2.43. The van der Waals surface area contributed by atoms with Crippen molar-refractivity contribution in [3.05, 3.63) is 35.9 Å². The topological polar surface area (TPSA) is 56.8 Å². The van der Waals surface area contributed by atoms with Crippen molar-refractivity contribution in [3.8, 4) is 0 Å². The molecule has 27 heavy (non-hydrogen) atoms. The monoisotopic (exact) mass is 381 g/mol. The third-order valence-corrected chi connectivity index (χ3v) is 4.39. The SMILES string of the molecule is CC(C)(C)OC(=O)N[C@@H](CF)COC1CCC(OCc2ccccc2)CC1. The van der Waals surface area contributed by atoms with Crippen LogP contribution in [0.1, 0.15) is 52.0 Å². The lowest BCUT2D eigenvalue weighted by atomic mass is 9.95. The molecule has 0 bridgehead atoms. The second kappa shape index (κ2) is 10.6. The molecule has 0 aromatic heterocycles. The first-order valence-electron chi connectivity index (χ1n) is 9.68. The van der Waals surface area contributed by atoms with Crippen LogP contribution in [0.5, 0.6) is 0 Å². The van der Waals surface area contributed by atoms with Crippen molar-refractivity contribution in [2.24, 2.45) is 0 Å². The van der Waals surface area contributed by atoms with Crippen LogP contribution in [0.4, 0.5) is 9.18 Å². The standard InChI is InChI=1S/C21H32FNO4/c1-21(2,3)27-20(24)23-17(13-22)15-26-19-11-9-18(10-12-19)25-14-16-7-5-4-6-8-16/h4-8,17-19H,9-15H2,1-3H3,(H,23,24)/t17-,18?,19?/m0/s1. The zero-order valence-electron chi connectivity index (χ0n) is 16.6. The van der Waals surface area contributed by atoms with Crippen molar-refractivity contribution in [1.82, 2.24) is 5.32 Å². The molecule has 1 saturated carbocycles. The van der Waals surface area contributed by atoms with E-state index in [9.17, 15) is 9.18 Å². The van der Waals surface area contributed by atoms with Gasteiger partial charge in [-0.3, -0.25) is 0 Å². The Balaban J connectivity index is 1.63. The van der Waals surface area contributed by atoms with Crippen molar-refractivity contribution < 1.29 is 23.4 Å². The van der Waals surface area contributed by atoms with Crippen LogP contribution in [-0.4, -0.2) is 43.2 Å². The van der Waals surface area contributed by atoms with Crippen LogP contribution >= 0.6 is 0 Å². The highest BCUT2D eigenvalue weighted by Gasteiger charge is 2.24. The Morgan fingerprint density at radius 2 is 1.70 bits per heavy atom. The second-order valence-corrected chi connectivity index (χ2v) is 8.03. The van der Waals surface area contributed by atoms with Crippen molar-refractivity contribution in [3.63, 3.8) is 0 Å². The lowest BCUT2D eigenvalue weighted by Gasteiger charge is -2.30. The van der Waals surface area contributed by atoms with Gasteiger partial charge >= 0.3 is 6.09 Å². The van der Waals surface area contributed by atoms with Gasteiger partial charge < -0.3 is 19.5 Å². The summed E-state index contributed by atoms with van der Waals surface area (Å²) in [4.78, 5) is 11.7. The molecule has 1 aromatic carbocycles. The summed E-state index contributed by atoms with van der Waals surface area (Å²) in [7, 11) is 0. The van der Waals surface area contributed by atoms with Crippen LogP contribution in [0.15, 0.2) is 30.3 Å². The molecule has 1 aliphatic carbocycles. The molecule has 1 atom stereocenters. The number of nitrogens with one attached hydrogen (secondary N) is 1. The van der Waals surface area contributed by atoms with Crippen molar-refractivity contribution in [1.29, 1.82) is 0 Å². The highest BCUT2D eigenvalue weighted by atomic mass is 19.1. The van der Waals surface area contributed by atoms with Crippen LogP contribution in [0.3, 0.4) is 0 Å². The van der Waals surface area contributed by atoms with Gasteiger partial charge in [0.2, 0.25) is 0 Å². The third kappa shape index (κ3) is 8.71. The van der Waals surface area contributed by atoms with Gasteiger partial charge in [0.1, 0.15) is 12.3 Å². The van der Waals surface area contributed by atoms with Gasteiger partial charge in [-0.25, -0.2) is 9.18 Å². The van der Waals surface area contributed by atoms with E-state index in [0.717, 1.165) is 25.7 Å². The Hall–Kier alpha value is -1.66. The van der Waals surface area contributed by atoms with E-state index < -0.39 is 24.4 Å². The van der Waals surface area contributed by atoms with Crippen molar-refractivity contribution in [2.45, 2.75) is 76.9 Å². The zero-order chi connectivity index (χ0) is 19.7. The maximum atomic E-state index is 13.2. The average Bonchev–Trinajstić information content (AvgIpc) is 2.63. The summed E-state index contributed by atoms with van der Waals surface area (Å²) in [5.74, 6) is 0. The first kappa shape index (κ1) is 21.6. The fourth-order valence-electron chi connectivity index (χ4n) is 3.01. The minimum absolute atomic E-state index is 0.0797. The summed E-state index contributed by atoms with van der Waals surface area (Å²) in [6.07, 6.45) is 3.31. The van der Waals surface area contributed by atoms with E-state index in [1.165, 1.54) is 5.56 Å². The predicted octanol–water partition coefficient (Wildman–Crippen LogP) is 4.39. The van der Waals surface area contributed by atoms with Gasteiger partial charge in [-0.1, -0.05) is 30.3 Å². The highest BCUT2D eigenvalue weighted by Crippen LogP contribution is 2.24. The number of alkyl carbamates (subject to hydrolysis) is 1. The first-order valence-corrected chi connectivity index (χ1v) is 9.68. The van der Waals surface area contributed by atoms with Crippen LogP contribution < -0.4 is 5.32 Å². The van der Waals surface area contributed by atoms with E-state index in [4.69, 9.17) is 14.2 Å². The maximum Gasteiger partial charge on any atom is 0.408 e. The molecule has 152 valence electrons. The largest absolute Gasteiger partial charge is 0.444 e. The van der Waals surface area contributed by atoms with Crippen LogP contribution in [0, 0.1) is 0 Å². The Morgan fingerprint density at radius 3 is 2.26 bits per heavy atom. The number of carbonyl (C=O) groups is 1. The van der Waals surface area contributed by atoms with E-state index in [1.54, 1.807) is 20.8 Å². The normalized spacial score (nSPS) is 21.5. The number of alkyl halides is 1. The van der Waals surface area contributed by atoms with Gasteiger partial charge in [-0.05, 0) is 52.0 Å². The van der Waals surface area contributed by atoms with Gasteiger partial charge in [0.05, 0.1) is 31.5 Å². The predicted molar refractivity (Wildman–Crippen MR) is 102 cm³/mol. The lowest BCUT2D eigenvalue weighted by molar-refractivity contribution is -0.0427. The van der Waals surface area contributed by atoms with E-state index in [0.29, 0.717) is 6.61 Å². The zero-order valence-corrected chi connectivity index (χ0v) is 16.6. The minimum atomic E-state index is -0.688. The summed E-state index contributed by atoms with van der Waals surface area (Å²) >= 11 is 0. The summed E-state index contributed by atoms with van der Waals surface area (Å²) in [5.41, 5.74) is 0.569. The molecule has 5 nitrogen and oxygen atoms in total. The van der Waals surface area contributed by atoms with E-state index in [1.807, 2.05) is 18.2 Å². The Kier molecular flexibility index (Phi) is 8.51. The number of amides is 1. The fourth-order valence-corrected chi connectivity index (χ4v) is 3.01. The summed E-state index contributed by atoms with van der Waals surface area (Å²) in [6, 6.07) is 9.44. The molecule has 0 heterocycles. The molecule has 1 fully saturated rings. The number of rotatable bonds is 8. The number of ether oxygens (including phenoxy) is 3. The third-order valence-electron chi connectivity index (χ3n) is 4.39. The number of hydrogen-bond donors (Lipinski definition) is 1. The molecule has 0 unspecified atom stereocenters. The number of carbonyl (C=O) groups excluding carboxylic acids is 1. The number of benzene rings is 1. The molecule has 0 saturated heterocycles. The Bertz CT molecular complexity index is 553. The van der Waals surface area contributed by atoms with Crippen molar-refractivity contribution in [2.75, 3.05) is 13.3 Å². The molecule has 0 spiro atoms. The fraction of sp³-hybridized carbons (Fsp3) is 0.667. The van der Waals surface area contributed by atoms with Crippen LogP contribution in [0.25, 0.3) is 0 Å². The molecule has 1 aliphatic rings. The Labute approximate surface area is 161 Å². The Morgan fingerprint density at radius 1 is 1.11 bits per heavy atom. The van der Waals surface area contributed by atoms with Gasteiger partial charge in [-0.2, -0.15) is 0 Å². The first-order chi connectivity index (χ1) is 12.9. The van der Waals surface area contributed by atoms with Crippen LogP contribution in [0.2, 0.25) is 0 Å². The summed E-state index contributed by atoms with van der Waals surface area (Å²) < 4.78 is 30.1. The molecular weight excluding hydrogens is 349 g/mol. The highest BCUT2D eigenvalue weighted by molar-refractivity contribution is 5.68. The molecule has 2 rings (SSSR count). The minimum Gasteiger partial charge on any atom is -0.444 e. The average molecular weight is 381 g/mol. The molecule has 1 amide bonds. The van der Waals surface area contributed by atoms with E-state index in [-0.39, 0.29) is 18.8 Å². The second-order valence-electron chi connectivity index (χ2n) is 8.03.